The predicted molar refractivity (Wildman–Crippen MR) is 439 cm³/mol. The van der Waals surface area contributed by atoms with E-state index < -0.39 is 0 Å². The van der Waals surface area contributed by atoms with Crippen LogP contribution in [0.1, 0.15) is 74.3 Å². The average molecular weight is 1580 g/mol. The fraction of sp³-hybridized carbons (Fsp3) is 0.590. The number of nitrogens with zero attached hydrogens (tertiary/aromatic N) is 12. The number of β-amino-alcohol motifs (C(OH)–C–C–N with tert-alkyl or cyclic N) is 4. The number of amides is 3. The van der Waals surface area contributed by atoms with Crippen molar-refractivity contribution in [2.24, 2.45) is 0 Å². The predicted octanol–water partition coefficient (Wildman–Crippen LogP) is 6.15. The molecule has 0 bridgehead atoms. The van der Waals surface area contributed by atoms with Gasteiger partial charge in [-0.25, -0.2) is 0 Å². The van der Waals surface area contributed by atoms with Crippen LogP contribution < -0.4 is 16.0 Å². The van der Waals surface area contributed by atoms with Crippen molar-refractivity contribution in [1.29, 1.82) is 5.26 Å². The first-order valence-electron chi connectivity index (χ1n) is 39.3. The van der Waals surface area contributed by atoms with Crippen LogP contribution in [-0.2, 0) is 47.0 Å². The molecule has 5 aromatic carbocycles. The van der Waals surface area contributed by atoms with E-state index in [9.17, 15) is 34.8 Å². The first-order chi connectivity index (χ1) is 52.3. The Labute approximate surface area is 670 Å². The number of nitrogens with one attached hydrogen (secondary N) is 3. The number of carbonyl (C=O) groups is 3. The minimum Gasteiger partial charge on any atom is -0.392 e. The lowest BCUT2D eigenvalue weighted by molar-refractivity contribution is -0.142. The highest BCUT2D eigenvalue weighted by molar-refractivity contribution is 6.42. The molecule has 14 rings (SSSR count). The van der Waals surface area contributed by atoms with E-state index in [2.05, 4.69) is 176 Å². The summed E-state index contributed by atoms with van der Waals surface area (Å²) in [5.74, 6) is 0.894. The van der Waals surface area contributed by atoms with Crippen LogP contribution >= 0.6 is 47.2 Å². The lowest BCUT2D eigenvalue weighted by atomic mass is 10.1. The van der Waals surface area contributed by atoms with Gasteiger partial charge in [0.05, 0.1) is 53.0 Å². The van der Waals surface area contributed by atoms with Crippen LogP contribution in [0.4, 0.5) is 0 Å². The number of rotatable bonds is 19. The molecule has 0 aliphatic carbocycles. The molecule has 5 aromatic rings. The standard InChI is InChI=1S/C23H31N3O.C19H25Cl2N3O3.C19H23ClN2.C11H21N3O2.C9H19N3O.C2H3N.ClH/c27-23-11-12-24(19-23)17-22-18-25(15-20-7-3-1-4-8-20)13-14-26(22)16-21-9-5-2-6-10-21;1-13(25)23-6-7-24(15(11-23)10-22-5-4-16(26)12-22)19(27)9-14-2-3-17(20)18(21)8-14;20-13-19-16-21(14-17-7-3-1-4-8-17)11-12-22(19)15-18-9-5-2-6-10-18;1-9(15)14-5-3-12-10(7-14)6-13-4-2-11(16)8-13;13-9-1-4-12(7-9)6-8-5-10-2-3-11-8;1-2-3;/h1-10,22-23,27H,11-19H2;2-3,8,15-16,26H,4-7,9-12H2,1H3;1-10,19H,11-16H2;10-12,16H,2-8H2,1H3;8-11,13H,1-7H2;1H3;1H/t22?,23-;15?,16-;;10?,11-;8?,9-;;/m11.11../s1. The molecule has 9 heterocycles. The molecule has 22 nitrogen and oxygen atoms in total. The smallest absolute Gasteiger partial charge is 0.227 e. The number of nitriles is 1. The Morgan fingerprint density at radius 1 is 0.440 bits per heavy atom. The van der Waals surface area contributed by atoms with Gasteiger partial charge in [0.2, 0.25) is 17.7 Å². The molecule has 9 fully saturated rings. The fourth-order valence-electron chi connectivity index (χ4n) is 16.0. The molecule has 600 valence electrons. The summed E-state index contributed by atoms with van der Waals surface area (Å²) in [6.45, 7) is 33.2. The van der Waals surface area contributed by atoms with Crippen molar-refractivity contribution < 1.29 is 34.8 Å². The molecule has 0 radical (unpaired) electrons. The van der Waals surface area contributed by atoms with Crippen molar-refractivity contribution in [3.63, 3.8) is 0 Å². The molecule has 109 heavy (non-hydrogen) atoms. The quantitative estimate of drug-likeness (QED) is 0.0460. The van der Waals surface area contributed by atoms with E-state index in [4.69, 9.17) is 40.1 Å². The van der Waals surface area contributed by atoms with E-state index in [-0.39, 0.29) is 67.0 Å². The second-order valence-corrected chi connectivity index (χ2v) is 31.6. The highest BCUT2D eigenvalue weighted by Crippen LogP contribution is 2.26. The van der Waals surface area contributed by atoms with Crippen molar-refractivity contribution in [3.05, 3.63) is 177 Å². The van der Waals surface area contributed by atoms with Gasteiger partial charge in [-0.3, -0.25) is 53.6 Å². The Kier molecular flexibility index (Phi) is 39.2. The number of alkyl halides is 1. The van der Waals surface area contributed by atoms with Gasteiger partial charge in [0.25, 0.3) is 0 Å². The summed E-state index contributed by atoms with van der Waals surface area (Å²) in [5, 5.41) is 57.0. The fourth-order valence-corrected chi connectivity index (χ4v) is 16.6. The van der Waals surface area contributed by atoms with Gasteiger partial charge in [0.15, 0.2) is 0 Å². The topological polar surface area (TPSA) is 228 Å². The van der Waals surface area contributed by atoms with Crippen molar-refractivity contribution in [1.82, 2.24) is 69.8 Å². The molecule has 0 spiro atoms. The van der Waals surface area contributed by atoms with Crippen LogP contribution in [0.5, 0.6) is 0 Å². The van der Waals surface area contributed by atoms with Gasteiger partial charge in [-0.2, -0.15) is 5.26 Å². The van der Waals surface area contributed by atoms with Crippen LogP contribution in [0, 0.1) is 11.3 Å². The van der Waals surface area contributed by atoms with Crippen molar-refractivity contribution >= 4 is 64.9 Å². The number of halogens is 4. The Hall–Kier alpha value is -5.44. The van der Waals surface area contributed by atoms with Gasteiger partial charge in [0, 0.05) is 254 Å². The van der Waals surface area contributed by atoms with E-state index in [0.29, 0.717) is 72.8 Å². The van der Waals surface area contributed by atoms with Crippen molar-refractivity contribution in [2.75, 3.05) is 183 Å². The number of hydrogen-bond acceptors (Lipinski definition) is 19. The van der Waals surface area contributed by atoms with E-state index in [1.165, 1.54) is 29.2 Å². The number of benzene rings is 5. The van der Waals surface area contributed by atoms with Crippen LogP contribution in [-0.4, -0.2) is 329 Å². The van der Waals surface area contributed by atoms with Crippen molar-refractivity contribution in [2.45, 2.75) is 134 Å². The third-order valence-electron chi connectivity index (χ3n) is 21.8. The van der Waals surface area contributed by atoms with Crippen LogP contribution in [0.2, 0.25) is 10.0 Å². The monoisotopic (exact) mass is 1580 g/mol. The summed E-state index contributed by atoms with van der Waals surface area (Å²) in [4.78, 5) is 61.1. The number of aliphatic hydroxyl groups excluding tert-OH is 4. The Morgan fingerprint density at radius 2 is 0.862 bits per heavy atom. The second-order valence-electron chi connectivity index (χ2n) is 30.4. The number of carbonyl (C=O) groups excluding carboxylic acids is 3. The average Bonchev–Trinajstić information content (AvgIpc) is 1.56. The Balaban J connectivity index is 0.000000173. The summed E-state index contributed by atoms with van der Waals surface area (Å²) in [6, 6.07) is 51.7. The molecular formula is C83H123Cl4N15O7. The minimum atomic E-state index is -0.308. The molecule has 3 amide bonds. The maximum absolute atomic E-state index is 13.0. The molecular weight excluding hydrogens is 1460 g/mol. The number of hydrogen-bond donors (Lipinski definition) is 7. The highest BCUT2D eigenvalue weighted by atomic mass is 35.5. The maximum Gasteiger partial charge on any atom is 0.227 e. The molecule has 7 N–H and O–H groups in total. The summed E-state index contributed by atoms with van der Waals surface area (Å²) in [6.07, 6.45) is 3.04. The van der Waals surface area contributed by atoms with E-state index >= 15 is 0 Å². The van der Waals surface area contributed by atoms with Gasteiger partial charge in [0.1, 0.15) is 0 Å². The zero-order valence-corrected chi connectivity index (χ0v) is 67.6. The zero-order valence-electron chi connectivity index (χ0n) is 64.6. The lowest BCUT2D eigenvalue weighted by Crippen LogP contribution is -2.59. The van der Waals surface area contributed by atoms with Crippen LogP contribution in [0.3, 0.4) is 0 Å². The molecule has 9 atom stereocenters. The van der Waals surface area contributed by atoms with Crippen molar-refractivity contribution in [3.8, 4) is 6.07 Å². The summed E-state index contributed by atoms with van der Waals surface area (Å²) < 4.78 is 0. The summed E-state index contributed by atoms with van der Waals surface area (Å²) in [5.41, 5.74) is 6.35. The lowest BCUT2D eigenvalue weighted by Gasteiger charge is -2.43. The first-order valence-corrected chi connectivity index (χ1v) is 40.6. The summed E-state index contributed by atoms with van der Waals surface area (Å²) in [7, 11) is 0. The van der Waals surface area contributed by atoms with Gasteiger partial charge < -0.3 is 51.1 Å². The van der Waals surface area contributed by atoms with Gasteiger partial charge in [-0.1, -0.05) is 151 Å². The third-order valence-corrected chi connectivity index (χ3v) is 22.9. The molecule has 0 saturated carbocycles. The minimum absolute atomic E-state index is 0. The largest absolute Gasteiger partial charge is 0.392 e. The Morgan fingerprint density at radius 3 is 1.29 bits per heavy atom. The Bertz CT molecular complexity index is 3450. The van der Waals surface area contributed by atoms with Gasteiger partial charge in [-0.05, 0) is 65.6 Å². The van der Waals surface area contributed by atoms with Gasteiger partial charge in [-0.15, -0.1) is 24.0 Å². The molecule has 5 unspecified atom stereocenters. The maximum atomic E-state index is 13.0. The molecule has 26 heteroatoms. The molecule has 9 saturated heterocycles. The number of likely N-dealkylation sites (tertiary alicyclic amines) is 4. The molecule has 9 aliphatic rings. The first kappa shape index (κ1) is 89.1. The molecule has 0 aromatic heterocycles. The van der Waals surface area contributed by atoms with Gasteiger partial charge >= 0.3 is 0 Å². The van der Waals surface area contributed by atoms with Crippen LogP contribution in [0.25, 0.3) is 0 Å². The number of piperazine rings is 5. The summed E-state index contributed by atoms with van der Waals surface area (Å²) >= 11 is 18.3. The SMILES string of the molecule is CC#N.CC(=O)N1CCN(C(=O)Cc2ccc(Cl)c(Cl)c2)C(CN2CC[C@@H](O)C2)C1.CC(=O)N1CCNC(CN2CC[C@@H](O)C2)C1.Cl.ClCC1CN(Cc2ccccc2)CCN1Cc1ccccc1.O[C@@H]1CCN(CC2CN(Cc3ccccc3)CCN2Cc2ccccc2)C1.O[C@@H]1CCN(CC2CNCCN2)C1. The second kappa shape index (κ2) is 47.9. The normalized spacial score (nSPS) is 25.3. The zero-order chi connectivity index (χ0) is 76.6. The van der Waals surface area contributed by atoms with E-state index in [0.717, 1.165) is 201 Å². The van der Waals surface area contributed by atoms with E-state index in [1.54, 1.807) is 36.9 Å². The third kappa shape index (κ3) is 31.1. The van der Waals surface area contributed by atoms with Crippen LogP contribution in [0.15, 0.2) is 140 Å². The van der Waals surface area contributed by atoms with E-state index in [1.807, 2.05) is 15.9 Å². The molecule has 9 aliphatic heterocycles. The number of aliphatic hydroxyl groups is 4. The highest BCUT2D eigenvalue weighted by Gasteiger charge is 2.36.